The van der Waals surface area contributed by atoms with Gasteiger partial charge in [-0.25, -0.2) is 9.37 Å². The van der Waals surface area contributed by atoms with E-state index in [1.807, 2.05) is 6.92 Å². The highest BCUT2D eigenvalue weighted by Gasteiger charge is 2.16. The molecule has 0 unspecified atom stereocenters. The van der Waals surface area contributed by atoms with Crippen LogP contribution in [-0.2, 0) is 0 Å². The Balaban J connectivity index is 1.96. The Morgan fingerprint density at radius 1 is 1.43 bits per heavy atom. The molecule has 9 heteroatoms. The van der Waals surface area contributed by atoms with Crippen LogP contribution in [0.15, 0.2) is 30.7 Å². The van der Waals surface area contributed by atoms with Crippen molar-refractivity contribution in [2.45, 2.75) is 6.92 Å². The predicted molar refractivity (Wildman–Crippen MR) is 73.9 cm³/mol. The zero-order chi connectivity index (χ0) is 14.8. The largest absolute Gasteiger partial charge is 0.298 e. The van der Waals surface area contributed by atoms with E-state index in [9.17, 15) is 9.18 Å². The molecule has 7 nitrogen and oxygen atoms in total. The third-order valence-electron chi connectivity index (χ3n) is 2.64. The van der Waals surface area contributed by atoms with Gasteiger partial charge in [0.25, 0.3) is 5.91 Å². The Morgan fingerprint density at radius 3 is 2.95 bits per heavy atom. The standard InChI is InChI=1S/C12H9FN6OS/c1-7-5-14-12(21-7)16-11(20)9-3-2-8(13)4-10(9)19-6-15-17-18-19/h2-6H,1H3,(H,14,16,20). The quantitative estimate of drug-likeness (QED) is 0.797. The van der Waals surface area contributed by atoms with Crippen molar-refractivity contribution in [3.8, 4) is 5.69 Å². The molecule has 1 amide bonds. The number of carbonyl (C=O) groups is 1. The van der Waals surface area contributed by atoms with Gasteiger partial charge in [-0.2, -0.15) is 4.68 Å². The maximum absolute atomic E-state index is 13.4. The van der Waals surface area contributed by atoms with Gasteiger partial charge in [-0.3, -0.25) is 10.1 Å². The molecule has 2 aromatic heterocycles. The van der Waals surface area contributed by atoms with E-state index in [1.54, 1.807) is 6.20 Å². The van der Waals surface area contributed by atoms with Crippen molar-refractivity contribution in [2.24, 2.45) is 0 Å². The first-order chi connectivity index (χ1) is 10.1. The van der Waals surface area contributed by atoms with Gasteiger partial charge < -0.3 is 0 Å². The van der Waals surface area contributed by atoms with Crippen molar-refractivity contribution >= 4 is 22.4 Å². The van der Waals surface area contributed by atoms with Crippen molar-refractivity contribution in [1.29, 1.82) is 0 Å². The molecule has 1 aromatic carbocycles. The maximum Gasteiger partial charge on any atom is 0.259 e. The fourth-order valence-electron chi connectivity index (χ4n) is 1.73. The summed E-state index contributed by atoms with van der Waals surface area (Å²) in [6.07, 6.45) is 2.95. The topological polar surface area (TPSA) is 85.6 Å². The molecule has 21 heavy (non-hydrogen) atoms. The molecule has 3 aromatic rings. The monoisotopic (exact) mass is 304 g/mol. The highest BCUT2D eigenvalue weighted by atomic mass is 32.1. The van der Waals surface area contributed by atoms with E-state index in [1.165, 1.54) is 40.5 Å². The molecule has 1 N–H and O–H groups in total. The fourth-order valence-corrected chi connectivity index (χ4v) is 2.39. The van der Waals surface area contributed by atoms with Gasteiger partial charge in [-0.05, 0) is 29.5 Å². The smallest absolute Gasteiger partial charge is 0.259 e. The van der Waals surface area contributed by atoms with Gasteiger partial charge in [0.15, 0.2) is 5.13 Å². The molecule has 0 fully saturated rings. The lowest BCUT2D eigenvalue weighted by Crippen LogP contribution is -2.15. The molecule has 2 heterocycles. The van der Waals surface area contributed by atoms with Crippen LogP contribution in [0, 0.1) is 12.7 Å². The normalized spacial score (nSPS) is 10.6. The molecule has 0 saturated heterocycles. The van der Waals surface area contributed by atoms with Crippen LogP contribution < -0.4 is 5.32 Å². The van der Waals surface area contributed by atoms with Crippen LogP contribution in [0.4, 0.5) is 9.52 Å². The summed E-state index contributed by atoms with van der Waals surface area (Å²) in [6.45, 7) is 1.89. The minimum absolute atomic E-state index is 0.247. The molecule has 0 atom stereocenters. The lowest BCUT2D eigenvalue weighted by atomic mass is 10.1. The Bertz CT molecular complexity index is 785. The number of aryl methyl sites for hydroxylation is 1. The van der Waals surface area contributed by atoms with Crippen LogP contribution in [-0.4, -0.2) is 31.1 Å². The van der Waals surface area contributed by atoms with Crippen LogP contribution in [0.1, 0.15) is 15.2 Å². The SMILES string of the molecule is Cc1cnc(NC(=O)c2ccc(F)cc2-n2cnnn2)s1. The van der Waals surface area contributed by atoms with Crippen molar-refractivity contribution < 1.29 is 9.18 Å². The number of nitrogens with one attached hydrogen (secondary N) is 1. The summed E-state index contributed by atoms with van der Waals surface area (Å²) < 4.78 is 14.6. The summed E-state index contributed by atoms with van der Waals surface area (Å²) in [5.41, 5.74) is 0.502. The summed E-state index contributed by atoms with van der Waals surface area (Å²) in [4.78, 5) is 17.3. The molecular weight excluding hydrogens is 295 g/mol. The lowest BCUT2D eigenvalue weighted by Gasteiger charge is -2.08. The summed E-state index contributed by atoms with van der Waals surface area (Å²) in [5, 5.41) is 13.8. The Kier molecular flexibility index (Phi) is 3.40. The van der Waals surface area contributed by atoms with Gasteiger partial charge in [-0.15, -0.1) is 16.4 Å². The zero-order valence-corrected chi connectivity index (χ0v) is 11.6. The molecule has 0 radical (unpaired) electrons. The van der Waals surface area contributed by atoms with Crippen molar-refractivity contribution in [2.75, 3.05) is 5.32 Å². The van der Waals surface area contributed by atoms with Crippen LogP contribution >= 0.6 is 11.3 Å². The van der Waals surface area contributed by atoms with Crippen molar-refractivity contribution in [1.82, 2.24) is 25.2 Å². The molecule has 106 valence electrons. The van der Waals surface area contributed by atoms with E-state index in [-0.39, 0.29) is 11.3 Å². The molecule has 0 aliphatic heterocycles. The Labute approximate surface area is 122 Å². The second-order valence-electron chi connectivity index (χ2n) is 4.15. The fraction of sp³-hybridized carbons (Fsp3) is 0.0833. The molecule has 0 aliphatic carbocycles. The molecule has 0 bridgehead atoms. The Morgan fingerprint density at radius 2 is 2.29 bits per heavy atom. The minimum Gasteiger partial charge on any atom is -0.298 e. The molecule has 0 spiro atoms. The van der Waals surface area contributed by atoms with Gasteiger partial charge >= 0.3 is 0 Å². The zero-order valence-electron chi connectivity index (χ0n) is 10.8. The molecule has 0 aliphatic rings. The average molecular weight is 304 g/mol. The average Bonchev–Trinajstić information content (AvgIpc) is 3.10. The molecular formula is C12H9FN6OS. The van der Waals surface area contributed by atoms with E-state index >= 15 is 0 Å². The first-order valence-corrected chi connectivity index (χ1v) is 6.72. The number of hydrogen-bond donors (Lipinski definition) is 1. The van der Waals surface area contributed by atoms with Gasteiger partial charge in [0.2, 0.25) is 0 Å². The van der Waals surface area contributed by atoms with E-state index < -0.39 is 11.7 Å². The number of nitrogens with zero attached hydrogens (tertiary/aromatic N) is 5. The number of aromatic nitrogens is 5. The van der Waals surface area contributed by atoms with Crippen LogP contribution in [0.3, 0.4) is 0 Å². The summed E-state index contributed by atoms with van der Waals surface area (Å²) in [7, 11) is 0. The number of carbonyl (C=O) groups excluding carboxylic acids is 1. The maximum atomic E-state index is 13.4. The number of rotatable bonds is 3. The van der Waals surface area contributed by atoms with Gasteiger partial charge in [-0.1, -0.05) is 0 Å². The number of hydrogen-bond acceptors (Lipinski definition) is 6. The minimum atomic E-state index is -0.484. The van der Waals surface area contributed by atoms with Gasteiger partial charge in [0.1, 0.15) is 12.1 Å². The number of amides is 1. The van der Waals surface area contributed by atoms with E-state index in [0.717, 1.165) is 4.88 Å². The number of thiazole rings is 1. The van der Waals surface area contributed by atoms with Gasteiger partial charge in [0, 0.05) is 17.1 Å². The lowest BCUT2D eigenvalue weighted by molar-refractivity contribution is 0.102. The highest BCUT2D eigenvalue weighted by molar-refractivity contribution is 7.15. The summed E-state index contributed by atoms with van der Waals surface area (Å²) in [6, 6.07) is 3.77. The van der Waals surface area contributed by atoms with Crippen molar-refractivity contribution in [3.63, 3.8) is 0 Å². The van der Waals surface area contributed by atoms with E-state index in [0.29, 0.717) is 5.13 Å². The number of anilines is 1. The predicted octanol–water partition coefficient (Wildman–Crippen LogP) is 1.82. The number of halogens is 1. The first-order valence-electron chi connectivity index (χ1n) is 5.90. The molecule has 0 saturated carbocycles. The highest BCUT2D eigenvalue weighted by Crippen LogP contribution is 2.20. The van der Waals surface area contributed by atoms with Crippen LogP contribution in [0.2, 0.25) is 0 Å². The van der Waals surface area contributed by atoms with Crippen LogP contribution in [0.25, 0.3) is 5.69 Å². The second-order valence-corrected chi connectivity index (χ2v) is 5.38. The molecule has 3 rings (SSSR count). The Hall–Kier alpha value is -2.68. The summed E-state index contributed by atoms with van der Waals surface area (Å²) in [5.74, 6) is -0.892. The second kappa shape index (κ2) is 5.37. The van der Waals surface area contributed by atoms with Crippen LogP contribution in [0.5, 0.6) is 0 Å². The third-order valence-corrected chi connectivity index (χ3v) is 3.47. The number of benzene rings is 1. The van der Waals surface area contributed by atoms with Crippen molar-refractivity contribution in [3.05, 3.63) is 47.0 Å². The first kappa shape index (κ1) is 13.3. The van der Waals surface area contributed by atoms with Gasteiger partial charge in [0.05, 0.1) is 11.3 Å². The third kappa shape index (κ3) is 2.77. The summed E-state index contributed by atoms with van der Waals surface area (Å²) >= 11 is 1.35. The number of tetrazole rings is 1. The van der Waals surface area contributed by atoms with E-state index in [4.69, 9.17) is 0 Å². The van der Waals surface area contributed by atoms with E-state index in [2.05, 4.69) is 25.8 Å².